The topological polar surface area (TPSA) is 36.7 Å². The number of hydrogen-bond acceptors (Lipinski definition) is 2. The Balaban J connectivity index is 2.96. The van der Waals surface area contributed by atoms with Crippen LogP contribution in [0.2, 0.25) is 0 Å². The molecular weight excluding hydrogens is 172 g/mol. The molecule has 0 aliphatic heterocycles. The third-order valence-corrected chi connectivity index (χ3v) is 2.33. The van der Waals surface area contributed by atoms with E-state index in [2.05, 4.69) is 11.1 Å². The zero-order valence-corrected chi connectivity index (χ0v) is 8.20. The fraction of sp³-hybridized carbons (Fsp3) is 0.167. The minimum Gasteiger partial charge on any atom is -0.242 e. The molecule has 2 aromatic rings. The van der Waals surface area contributed by atoms with Gasteiger partial charge in [0.1, 0.15) is 11.8 Å². The number of nitrogens with zero attached hydrogens (tertiary/aromatic N) is 2. The largest absolute Gasteiger partial charge is 0.242 e. The van der Waals surface area contributed by atoms with E-state index in [1.807, 2.05) is 38.1 Å². The van der Waals surface area contributed by atoms with Crippen molar-refractivity contribution in [2.24, 2.45) is 0 Å². The molecule has 14 heavy (non-hydrogen) atoms. The summed E-state index contributed by atoms with van der Waals surface area (Å²) in [6.45, 7) is 3.95. The van der Waals surface area contributed by atoms with Crippen LogP contribution in [0.5, 0.6) is 0 Å². The van der Waals surface area contributed by atoms with Gasteiger partial charge in [-0.15, -0.1) is 0 Å². The van der Waals surface area contributed by atoms with E-state index >= 15 is 0 Å². The predicted octanol–water partition coefficient (Wildman–Crippen LogP) is 2.72. The lowest BCUT2D eigenvalue weighted by atomic mass is 10.0. The molecular formula is C12H10N2. The number of fused-ring (bicyclic) bond motifs is 1. The highest BCUT2D eigenvalue weighted by atomic mass is 14.7. The maximum Gasteiger partial charge on any atom is 0.148 e. The van der Waals surface area contributed by atoms with Gasteiger partial charge < -0.3 is 0 Å². The van der Waals surface area contributed by atoms with E-state index in [9.17, 15) is 0 Å². The Bertz CT molecular complexity index is 536. The monoisotopic (exact) mass is 182 g/mol. The van der Waals surface area contributed by atoms with Crippen LogP contribution < -0.4 is 0 Å². The minimum absolute atomic E-state index is 0.517. The molecule has 2 nitrogen and oxygen atoms in total. The summed E-state index contributed by atoms with van der Waals surface area (Å²) in [5.74, 6) is 0. The van der Waals surface area contributed by atoms with Crippen molar-refractivity contribution in [2.45, 2.75) is 13.8 Å². The minimum atomic E-state index is 0.517. The Hall–Kier alpha value is -1.88. The van der Waals surface area contributed by atoms with Gasteiger partial charge in [-0.2, -0.15) is 5.26 Å². The SMILES string of the molecule is Cc1cc2c(C)cccc2c(C#N)n1. The van der Waals surface area contributed by atoms with Gasteiger partial charge in [0.25, 0.3) is 0 Å². The molecule has 0 bridgehead atoms. The molecule has 1 aromatic heterocycles. The second-order valence-corrected chi connectivity index (χ2v) is 3.39. The van der Waals surface area contributed by atoms with Gasteiger partial charge in [-0.3, -0.25) is 0 Å². The highest BCUT2D eigenvalue weighted by Crippen LogP contribution is 2.21. The zero-order chi connectivity index (χ0) is 10.1. The normalized spacial score (nSPS) is 10.1. The van der Waals surface area contributed by atoms with Crippen molar-refractivity contribution in [1.82, 2.24) is 4.98 Å². The van der Waals surface area contributed by atoms with Gasteiger partial charge in [-0.05, 0) is 30.9 Å². The van der Waals surface area contributed by atoms with Gasteiger partial charge in [0.2, 0.25) is 0 Å². The Morgan fingerprint density at radius 3 is 2.71 bits per heavy atom. The highest BCUT2D eigenvalue weighted by Gasteiger charge is 2.04. The van der Waals surface area contributed by atoms with E-state index in [1.165, 1.54) is 5.56 Å². The molecule has 0 saturated heterocycles. The van der Waals surface area contributed by atoms with E-state index in [-0.39, 0.29) is 0 Å². The van der Waals surface area contributed by atoms with Crippen LogP contribution in [0.1, 0.15) is 17.0 Å². The van der Waals surface area contributed by atoms with Crippen LogP contribution >= 0.6 is 0 Å². The first-order valence-corrected chi connectivity index (χ1v) is 4.49. The van der Waals surface area contributed by atoms with Crippen molar-refractivity contribution in [3.05, 3.63) is 41.2 Å². The summed E-state index contributed by atoms with van der Waals surface area (Å²) in [5, 5.41) is 11.0. The lowest BCUT2D eigenvalue weighted by Gasteiger charge is -2.03. The Morgan fingerprint density at radius 2 is 2.00 bits per heavy atom. The van der Waals surface area contributed by atoms with Crippen LogP contribution in [0, 0.1) is 25.2 Å². The molecule has 2 rings (SSSR count). The molecule has 1 heterocycles. The molecule has 0 saturated carbocycles. The van der Waals surface area contributed by atoms with Gasteiger partial charge in [0, 0.05) is 11.1 Å². The second kappa shape index (κ2) is 3.12. The molecule has 2 heteroatoms. The summed E-state index contributed by atoms with van der Waals surface area (Å²) < 4.78 is 0. The third kappa shape index (κ3) is 1.23. The quantitative estimate of drug-likeness (QED) is 0.628. The smallest absolute Gasteiger partial charge is 0.148 e. The van der Waals surface area contributed by atoms with Crippen LogP contribution in [0.3, 0.4) is 0 Å². The lowest BCUT2D eigenvalue weighted by molar-refractivity contribution is 1.19. The van der Waals surface area contributed by atoms with Crippen molar-refractivity contribution < 1.29 is 0 Å². The molecule has 0 spiro atoms. The number of hydrogen-bond donors (Lipinski definition) is 0. The Morgan fingerprint density at radius 1 is 1.21 bits per heavy atom. The van der Waals surface area contributed by atoms with Crippen molar-refractivity contribution >= 4 is 10.8 Å². The van der Waals surface area contributed by atoms with Gasteiger partial charge in [-0.25, -0.2) is 4.98 Å². The first kappa shape index (κ1) is 8.71. The van der Waals surface area contributed by atoms with Crippen molar-refractivity contribution in [2.75, 3.05) is 0 Å². The molecule has 0 atom stereocenters. The van der Waals surface area contributed by atoms with E-state index < -0.39 is 0 Å². The fourth-order valence-electron chi connectivity index (χ4n) is 1.64. The zero-order valence-electron chi connectivity index (χ0n) is 8.20. The third-order valence-electron chi connectivity index (χ3n) is 2.33. The first-order chi connectivity index (χ1) is 6.72. The number of pyridine rings is 1. The number of aromatic nitrogens is 1. The van der Waals surface area contributed by atoms with Crippen LogP contribution in [0.25, 0.3) is 10.8 Å². The number of rotatable bonds is 0. The van der Waals surface area contributed by atoms with E-state index in [4.69, 9.17) is 5.26 Å². The highest BCUT2D eigenvalue weighted by molar-refractivity contribution is 5.89. The maximum absolute atomic E-state index is 8.94. The standard InChI is InChI=1S/C12H10N2/c1-8-4-3-5-10-11(8)6-9(2)14-12(10)7-13/h3-6H,1-2H3. The molecule has 1 aromatic carbocycles. The lowest BCUT2D eigenvalue weighted by Crippen LogP contribution is -1.90. The summed E-state index contributed by atoms with van der Waals surface area (Å²) >= 11 is 0. The van der Waals surface area contributed by atoms with Gasteiger partial charge >= 0.3 is 0 Å². The molecule has 0 amide bonds. The average Bonchev–Trinajstić information content (AvgIpc) is 2.18. The van der Waals surface area contributed by atoms with Gasteiger partial charge in [0.15, 0.2) is 0 Å². The van der Waals surface area contributed by atoms with Crippen LogP contribution in [0.4, 0.5) is 0 Å². The molecule has 0 aliphatic rings. The summed E-state index contributed by atoms with van der Waals surface area (Å²) in [7, 11) is 0. The predicted molar refractivity (Wildman–Crippen MR) is 55.9 cm³/mol. The molecule has 0 N–H and O–H groups in total. The van der Waals surface area contributed by atoms with E-state index in [1.54, 1.807) is 0 Å². The first-order valence-electron chi connectivity index (χ1n) is 4.49. The average molecular weight is 182 g/mol. The summed E-state index contributed by atoms with van der Waals surface area (Å²) in [6, 6.07) is 10.1. The summed E-state index contributed by atoms with van der Waals surface area (Å²) in [4.78, 5) is 4.20. The molecule has 0 radical (unpaired) electrons. The van der Waals surface area contributed by atoms with Gasteiger partial charge in [-0.1, -0.05) is 18.2 Å². The van der Waals surface area contributed by atoms with E-state index in [0.29, 0.717) is 5.69 Å². The van der Waals surface area contributed by atoms with Crippen LogP contribution in [0.15, 0.2) is 24.3 Å². The molecule has 0 aliphatic carbocycles. The number of aryl methyl sites for hydroxylation is 2. The summed E-state index contributed by atoms with van der Waals surface area (Å²) in [5.41, 5.74) is 2.59. The van der Waals surface area contributed by atoms with Crippen LogP contribution in [-0.2, 0) is 0 Å². The van der Waals surface area contributed by atoms with Crippen molar-refractivity contribution in [1.29, 1.82) is 5.26 Å². The fourth-order valence-corrected chi connectivity index (χ4v) is 1.64. The van der Waals surface area contributed by atoms with Crippen LogP contribution in [-0.4, -0.2) is 4.98 Å². The number of nitriles is 1. The second-order valence-electron chi connectivity index (χ2n) is 3.39. The maximum atomic E-state index is 8.94. The molecule has 68 valence electrons. The van der Waals surface area contributed by atoms with Crippen molar-refractivity contribution in [3.8, 4) is 6.07 Å². The number of benzene rings is 1. The Labute approximate surface area is 82.8 Å². The summed E-state index contributed by atoms with van der Waals surface area (Å²) in [6.07, 6.45) is 0. The van der Waals surface area contributed by atoms with Crippen molar-refractivity contribution in [3.63, 3.8) is 0 Å². The molecule has 0 fully saturated rings. The van der Waals surface area contributed by atoms with E-state index in [0.717, 1.165) is 16.5 Å². The van der Waals surface area contributed by atoms with Gasteiger partial charge in [0.05, 0.1) is 0 Å². The molecule has 0 unspecified atom stereocenters. The Kier molecular flexibility index (Phi) is 1.94.